The first kappa shape index (κ1) is 17.6. The van der Waals surface area contributed by atoms with Gasteiger partial charge >= 0.3 is 0 Å². The summed E-state index contributed by atoms with van der Waals surface area (Å²) in [5.74, 6) is -0.167. The molecule has 1 aromatic carbocycles. The SMILES string of the molecule is CC(C)CC(CN)NS(=O)(=O)c1cnn(-c2ccccc2F)c1. The summed E-state index contributed by atoms with van der Waals surface area (Å²) in [5.41, 5.74) is 5.81. The molecule has 0 saturated heterocycles. The lowest BCUT2D eigenvalue weighted by Gasteiger charge is -2.18. The van der Waals surface area contributed by atoms with Gasteiger partial charge in [-0.05, 0) is 24.5 Å². The number of nitrogens with one attached hydrogen (secondary N) is 1. The van der Waals surface area contributed by atoms with Gasteiger partial charge in [0.1, 0.15) is 16.4 Å². The molecule has 0 radical (unpaired) electrons. The Hall–Kier alpha value is -1.77. The van der Waals surface area contributed by atoms with Crippen molar-refractivity contribution in [3.05, 3.63) is 42.5 Å². The number of hydrogen-bond acceptors (Lipinski definition) is 4. The van der Waals surface area contributed by atoms with Crippen LogP contribution in [-0.2, 0) is 10.0 Å². The van der Waals surface area contributed by atoms with Gasteiger partial charge in [-0.1, -0.05) is 26.0 Å². The lowest BCUT2D eigenvalue weighted by Crippen LogP contribution is -2.40. The molecule has 1 aromatic heterocycles. The lowest BCUT2D eigenvalue weighted by atomic mass is 10.1. The Morgan fingerprint density at radius 2 is 2.04 bits per heavy atom. The molecule has 8 heteroatoms. The van der Waals surface area contributed by atoms with Crippen LogP contribution in [0.1, 0.15) is 20.3 Å². The van der Waals surface area contributed by atoms with E-state index in [1.54, 1.807) is 12.1 Å². The maximum Gasteiger partial charge on any atom is 0.244 e. The Balaban J connectivity index is 2.23. The van der Waals surface area contributed by atoms with Gasteiger partial charge in [-0.15, -0.1) is 0 Å². The molecule has 0 aliphatic heterocycles. The van der Waals surface area contributed by atoms with Crippen LogP contribution in [0.2, 0.25) is 0 Å². The Morgan fingerprint density at radius 3 is 2.65 bits per heavy atom. The van der Waals surface area contributed by atoms with E-state index < -0.39 is 15.8 Å². The summed E-state index contributed by atoms with van der Waals surface area (Å²) in [6.07, 6.45) is 3.11. The molecule has 0 aliphatic rings. The van der Waals surface area contributed by atoms with Gasteiger partial charge in [0.2, 0.25) is 10.0 Å². The second-order valence-corrected chi connectivity index (χ2v) is 7.47. The van der Waals surface area contributed by atoms with Crippen LogP contribution in [0.4, 0.5) is 4.39 Å². The van der Waals surface area contributed by atoms with E-state index in [1.165, 1.54) is 29.2 Å². The smallest absolute Gasteiger partial charge is 0.244 e. The van der Waals surface area contributed by atoms with E-state index in [1.807, 2.05) is 13.8 Å². The van der Waals surface area contributed by atoms with E-state index >= 15 is 0 Å². The van der Waals surface area contributed by atoms with Crippen LogP contribution in [0.5, 0.6) is 0 Å². The Morgan fingerprint density at radius 1 is 1.35 bits per heavy atom. The van der Waals surface area contributed by atoms with Crippen LogP contribution < -0.4 is 10.5 Å². The van der Waals surface area contributed by atoms with Gasteiger partial charge in [-0.25, -0.2) is 22.2 Å². The Labute approximate surface area is 135 Å². The molecule has 0 aliphatic carbocycles. The third kappa shape index (κ3) is 4.37. The highest BCUT2D eigenvalue weighted by Gasteiger charge is 2.22. The average molecular weight is 340 g/mol. The molecule has 3 N–H and O–H groups in total. The first-order valence-corrected chi connectivity index (χ1v) is 8.83. The fourth-order valence-corrected chi connectivity index (χ4v) is 3.46. The molecule has 1 unspecified atom stereocenters. The van der Waals surface area contributed by atoms with Crippen molar-refractivity contribution in [2.24, 2.45) is 11.7 Å². The molecule has 2 rings (SSSR count). The summed E-state index contributed by atoms with van der Waals surface area (Å²) in [4.78, 5) is -0.0250. The molecular formula is C15H21FN4O2S. The lowest BCUT2D eigenvalue weighted by molar-refractivity contribution is 0.465. The van der Waals surface area contributed by atoms with Crippen LogP contribution >= 0.6 is 0 Å². The highest BCUT2D eigenvalue weighted by atomic mass is 32.2. The van der Waals surface area contributed by atoms with E-state index in [4.69, 9.17) is 5.73 Å². The maximum absolute atomic E-state index is 13.7. The van der Waals surface area contributed by atoms with Crippen molar-refractivity contribution < 1.29 is 12.8 Å². The number of nitrogens with two attached hydrogens (primary N) is 1. The van der Waals surface area contributed by atoms with Crippen molar-refractivity contribution in [2.75, 3.05) is 6.54 Å². The van der Waals surface area contributed by atoms with Crippen molar-refractivity contribution in [3.63, 3.8) is 0 Å². The summed E-state index contributed by atoms with van der Waals surface area (Å²) in [6, 6.07) is 5.67. The second-order valence-electron chi connectivity index (χ2n) is 5.76. The van der Waals surface area contributed by atoms with Crippen LogP contribution in [-0.4, -0.2) is 30.8 Å². The van der Waals surface area contributed by atoms with Gasteiger partial charge in [0.05, 0.1) is 12.4 Å². The highest BCUT2D eigenvalue weighted by molar-refractivity contribution is 7.89. The quantitative estimate of drug-likeness (QED) is 0.802. The molecule has 0 amide bonds. The zero-order chi connectivity index (χ0) is 17.0. The predicted molar refractivity (Wildman–Crippen MR) is 86.1 cm³/mol. The molecule has 0 spiro atoms. The van der Waals surface area contributed by atoms with Crippen molar-refractivity contribution in [1.29, 1.82) is 0 Å². The van der Waals surface area contributed by atoms with Crippen molar-refractivity contribution >= 4 is 10.0 Å². The average Bonchev–Trinajstić information content (AvgIpc) is 2.96. The van der Waals surface area contributed by atoms with Crippen LogP contribution in [0.3, 0.4) is 0 Å². The van der Waals surface area contributed by atoms with E-state index in [0.29, 0.717) is 12.3 Å². The molecule has 126 valence electrons. The molecule has 23 heavy (non-hydrogen) atoms. The largest absolute Gasteiger partial charge is 0.329 e. The topological polar surface area (TPSA) is 90.0 Å². The molecule has 1 heterocycles. The monoisotopic (exact) mass is 340 g/mol. The minimum atomic E-state index is -3.75. The fraction of sp³-hybridized carbons (Fsp3) is 0.400. The molecule has 0 fully saturated rings. The van der Waals surface area contributed by atoms with E-state index in [9.17, 15) is 12.8 Å². The molecule has 1 atom stereocenters. The Bertz CT molecular complexity index is 758. The molecule has 6 nitrogen and oxygen atoms in total. The summed E-state index contributed by atoms with van der Waals surface area (Å²) in [7, 11) is -3.75. The van der Waals surface area contributed by atoms with Crippen LogP contribution in [0.15, 0.2) is 41.6 Å². The van der Waals surface area contributed by atoms with Crippen LogP contribution in [0, 0.1) is 11.7 Å². The van der Waals surface area contributed by atoms with Crippen molar-refractivity contribution in [3.8, 4) is 5.69 Å². The zero-order valence-corrected chi connectivity index (χ0v) is 13.9. The number of benzene rings is 1. The van der Waals surface area contributed by atoms with E-state index in [-0.39, 0.29) is 23.2 Å². The standard InChI is InChI=1S/C15H21FN4O2S/c1-11(2)7-12(8-17)19-23(21,22)13-9-18-20(10-13)15-6-4-3-5-14(15)16/h3-6,9-12,19H,7-8,17H2,1-2H3. The summed E-state index contributed by atoms with van der Waals surface area (Å²) in [5, 5.41) is 3.93. The number of sulfonamides is 1. The number of aromatic nitrogens is 2. The molecular weight excluding hydrogens is 319 g/mol. The van der Waals surface area contributed by atoms with Crippen LogP contribution in [0.25, 0.3) is 5.69 Å². The number of hydrogen-bond donors (Lipinski definition) is 2. The fourth-order valence-electron chi connectivity index (χ4n) is 2.26. The second kappa shape index (κ2) is 7.20. The zero-order valence-electron chi connectivity index (χ0n) is 13.1. The summed E-state index contributed by atoms with van der Waals surface area (Å²) in [6.45, 7) is 4.19. The summed E-state index contributed by atoms with van der Waals surface area (Å²) >= 11 is 0. The number of nitrogens with zero attached hydrogens (tertiary/aromatic N) is 2. The number of rotatable bonds is 7. The highest BCUT2D eigenvalue weighted by Crippen LogP contribution is 2.16. The first-order chi connectivity index (χ1) is 10.8. The molecule has 0 saturated carbocycles. The molecule has 2 aromatic rings. The maximum atomic E-state index is 13.7. The third-order valence-electron chi connectivity index (χ3n) is 3.33. The number of halogens is 1. The van der Waals surface area contributed by atoms with Gasteiger partial charge in [-0.2, -0.15) is 5.10 Å². The minimum absolute atomic E-state index is 0.0250. The third-order valence-corrected chi connectivity index (χ3v) is 4.81. The summed E-state index contributed by atoms with van der Waals surface area (Å²) < 4.78 is 42.3. The van der Waals surface area contributed by atoms with E-state index in [0.717, 1.165) is 0 Å². The van der Waals surface area contributed by atoms with E-state index in [2.05, 4.69) is 9.82 Å². The number of para-hydroxylation sites is 1. The van der Waals surface area contributed by atoms with Gasteiger partial charge < -0.3 is 5.73 Å². The first-order valence-electron chi connectivity index (χ1n) is 7.35. The molecule has 0 bridgehead atoms. The van der Waals surface area contributed by atoms with Gasteiger partial charge in [0.25, 0.3) is 0 Å². The van der Waals surface area contributed by atoms with Crippen molar-refractivity contribution in [1.82, 2.24) is 14.5 Å². The minimum Gasteiger partial charge on any atom is -0.329 e. The van der Waals surface area contributed by atoms with Crippen molar-refractivity contribution in [2.45, 2.75) is 31.2 Å². The van der Waals surface area contributed by atoms with Gasteiger partial charge in [0, 0.05) is 12.6 Å². The van der Waals surface area contributed by atoms with Gasteiger partial charge in [0.15, 0.2) is 0 Å². The van der Waals surface area contributed by atoms with Gasteiger partial charge in [-0.3, -0.25) is 0 Å². The Kier molecular flexibility index (Phi) is 5.51. The predicted octanol–water partition coefficient (Wildman–Crippen LogP) is 1.66. The normalized spacial score (nSPS) is 13.4.